The first-order valence-corrected chi connectivity index (χ1v) is 9.71. The lowest BCUT2D eigenvalue weighted by atomic mass is 10.2. The van der Waals surface area contributed by atoms with Gasteiger partial charge in [-0.25, -0.2) is 10.4 Å². The molecule has 136 valence electrons. The Kier molecular flexibility index (Phi) is 4.93. The molecule has 6 nitrogen and oxygen atoms in total. The number of amides is 1. The molecule has 4 aromatic rings. The van der Waals surface area contributed by atoms with Crippen LogP contribution >= 0.6 is 11.8 Å². The van der Waals surface area contributed by atoms with E-state index in [0.29, 0.717) is 0 Å². The van der Waals surface area contributed by atoms with Gasteiger partial charge in [-0.3, -0.25) is 4.79 Å². The zero-order chi connectivity index (χ0) is 18.6. The molecule has 2 aromatic carbocycles. The van der Waals surface area contributed by atoms with Crippen LogP contribution in [0, 0.1) is 0 Å². The van der Waals surface area contributed by atoms with Crippen LogP contribution in [0.15, 0.2) is 65.0 Å². The summed E-state index contributed by atoms with van der Waals surface area (Å²) in [4.78, 5) is 19.9. The number of carbonyl (C=O) groups is 1. The fraction of sp³-hybridized carbons (Fsp3) is 0.150. The van der Waals surface area contributed by atoms with Crippen molar-refractivity contribution in [3.63, 3.8) is 0 Å². The van der Waals surface area contributed by atoms with Gasteiger partial charge >= 0.3 is 0 Å². The van der Waals surface area contributed by atoms with Gasteiger partial charge in [0.05, 0.1) is 23.0 Å². The Labute approximate surface area is 160 Å². The minimum atomic E-state index is -0.161. The Bertz CT molecular complexity index is 1130. The van der Waals surface area contributed by atoms with E-state index in [4.69, 9.17) is 0 Å². The number of aromatic nitrogens is 3. The first-order chi connectivity index (χ1) is 13.3. The number of benzene rings is 2. The Hall–Kier alpha value is -3.06. The van der Waals surface area contributed by atoms with Crippen LogP contribution in [-0.4, -0.2) is 32.4 Å². The van der Waals surface area contributed by atoms with Crippen molar-refractivity contribution >= 4 is 45.8 Å². The lowest BCUT2D eigenvalue weighted by Gasteiger charge is -2.04. The molecule has 2 heterocycles. The summed E-state index contributed by atoms with van der Waals surface area (Å²) in [6, 6.07) is 16.0. The van der Waals surface area contributed by atoms with Crippen LogP contribution in [0.3, 0.4) is 0 Å². The van der Waals surface area contributed by atoms with Crippen molar-refractivity contribution in [3.8, 4) is 0 Å². The fourth-order valence-corrected chi connectivity index (χ4v) is 3.88. The number of rotatable bonds is 6. The minimum absolute atomic E-state index is 0.161. The van der Waals surface area contributed by atoms with Crippen LogP contribution in [0.25, 0.3) is 21.9 Å². The number of aryl methyl sites for hydroxylation is 1. The van der Waals surface area contributed by atoms with E-state index in [1.807, 2.05) is 54.7 Å². The highest BCUT2D eigenvalue weighted by Crippen LogP contribution is 2.23. The highest BCUT2D eigenvalue weighted by atomic mass is 32.2. The number of nitrogens with zero attached hydrogens (tertiary/aromatic N) is 3. The molecule has 2 aromatic heterocycles. The third kappa shape index (κ3) is 3.59. The number of aromatic amines is 1. The van der Waals surface area contributed by atoms with Crippen molar-refractivity contribution < 1.29 is 4.79 Å². The molecular weight excluding hydrogens is 358 g/mol. The molecule has 1 amide bonds. The Morgan fingerprint density at radius 1 is 1.26 bits per heavy atom. The quantitative estimate of drug-likeness (QED) is 0.305. The van der Waals surface area contributed by atoms with Crippen LogP contribution in [0.2, 0.25) is 0 Å². The number of fused-ring (bicyclic) bond motifs is 2. The second kappa shape index (κ2) is 7.67. The van der Waals surface area contributed by atoms with Crippen molar-refractivity contribution in [2.45, 2.75) is 18.6 Å². The number of imidazole rings is 1. The summed E-state index contributed by atoms with van der Waals surface area (Å²) in [7, 11) is 0. The molecule has 27 heavy (non-hydrogen) atoms. The Morgan fingerprint density at radius 2 is 2.07 bits per heavy atom. The molecule has 0 radical (unpaired) electrons. The summed E-state index contributed by atoms with van der Waals surface area (Å²) >= 11 is 1.42. The van der Waals surface area contributed by atoms with Crippen molar-refractivity contribution in [3.05, 3.63) is 60.3 Å². The van der Waals surface area contributed by atoms with E-state index in [2.05, 4.69) is 32.0 Å². The predicted octanol–water partition coefficient (Wildman–Crippen LogP) is 3.78. The molecule has 0 spiro atoms. The van der Waals surface area contributed by atoms with Crippen LogP contribution in [-0.2, 0) is 11.3 Å². The Balaban J connectivity index is 1.39. The molecule has 0 saturated carbocycles. The summed E-state index contributed by atoms with van der Waals surface area (Å²) in [5.74, 6) is 0.0972. The van der Waals surface area contributed by atoms with Gasteiger partial charge in [-0.05, 0) is 25.1 Å². The summed E-state index contributed by atoms with van der Waals surface area (Å²) in [5.41, 5.74) is 6.59. The van der Waals surface area contributed by atoms with E-state index in [1.54, 1.807) is 6.21 Å². The van der Waals surface area contributed by atoms with Gasteiger partial charge in [-0.15, -0.1) is 0 Å². The number of hydrogen-bond acceptors (Lipinski definition) is 4. The lowest BCUT2D eigenvalue weighted by molar-refractivity contribution is -0.118. The number of H-pyrrole nitrogens is 1. The molecular formula is C20H19N5OS. The van der Waals surface area contributed by atoms with Crippen molar-refractivity contribution in [2.24, 2.45) is 5.10 Å². The molecule has 4 rings (SSSR count). The van der Waals surface area contributed by atoms with Gasteiger partial charge in [-0.1, -0.05) is 42.1 Å². The van der Waals surface area contributed by atoms with Gasteiger partial charge in [0.25, 0.3) is 5.91 Å². The average Bonchev–Trinajstić information content (AvgIpc) is 3.27. The largest absolute Gasteiger partial charge is 0.361 e. The number of para-hydroxylation sites is 3. The molecule has 0 bridgehead atoms. The molecule has 0 saturated heterocycles. The van der Waals surface area contributed by atoms with Gasteiger partial charge < -0.3 is 9.55 Å². The molecule has 0 aliphatic rings. The second-order valence-corrected chi connectivity index (χ2v) is 6.94. The monoisotopic (exact) mass is 377 g/mol. The van der Waals surface area contributed by atoms with E-state index in [1.165, 1.54) is 11.8 Å². The molecule has 0 atom stereocenters. The second-order valence-electron chi connectivity index (χ2n) is 6.00. The minimum Gasteiger partial charge on any atom is -0.361 e. The van der Waals surface area contributed by atoms with E-state index >= 15 is 0 Å². The fourth-order valence-electron chi connectivity index (χ4n) is 3.01. The van der Waals surface area contributed by atoms with Gasteiger partial charge in [0.15, 0.2) is 5.16 Å². The highest BCUT2D eigenvalue weighted by Gasteiger charge is 2.11. The maximum absolute atomic E-state index is 12.1. The molecule has 0 aliphatic carbocycles. The number of carbonyl (C=O) groups excluding carboxylic acids is 1. The first kappa shape index (κ1) is 17.4. The number of hydrogen-bond donors (Lipinski definition) is 2. The van der Waals surface area contributed by atoms with E-state index in [-0.39, 0.29) is 11.7 Å². The third-order valence-electron chi connectivity index (χ3n) is 4.28. The van der Waals surface area contributed by atoms with Gasteiger partial charge in [0, 0.05) is 29.2 Å². The first-order valence-electron chi connectivity index (χ1n) is 8.72. The molecule has 0 fully saturated rings. The van der Waals surface area contributed by atoms with Crippen molar-refractivity contribution in [1.29, 1.82) is 0 Å². The summed E-state index contributed by atoms with van der Waals surface area (Å²) in [6.45, 7) is 2.88. The summed E-state index contributed by atoms with van der Waals surface area (Å²) in [6.07, 6.45) is 3.53. The number of thioether (sulfide) groups is 1. The van der Waals surface area contributed by atoms with E-state index < -0.39 is 0 Å². The van der Waals surface area contributed by atoms with Crippen LogP contribution in [0.1, 0.15) is 12.5 Å². The summed E-state index contributed by atoms with van der Waals surface area (Å²) in [5, 5.41) is 5.99. The smallest absolute Gasteiger partial charge is 0.250 e. The maximum atomic E-state index is 12.1. The Morgan fingerprint density at radius 3 is 2.96 bits per heavy atom. The molecule has 0 unspecified atom stereocenters. The van der Waals surface area contributed by atoms with Crippen LogP contribution in [0.5, 0.6) is 0 Å². The van der Waals surface area contributed by atoms with Crippen LogP contribution < -0.4 is 5.43 Å². The van der Waals surface area contributed by atoms with Gasteiger partial charge in [0.2, 0.25) is 0 Å². The molecule has 7 heteroatoms. The zero-order valence-electron chi connectivity index (χ0n) is 14.8. The predicted molar refractivity (Wildman–Crippen MR) is 110 cm³/mol. The van der Waals surface area contributed by atoms with Gasteiger partial charge in [-0.2, -0.15) is 5.10 Å². The lowest BCUT2D eigenvalue weighted by Crippen LogP contribution is -2.20. The third-order valence-corrected chi connectivity index (χ3v) is 5.26. The molecule has 0 aliphatic heterocycles. The SMILES string of the molecule is CCn1c(SCC(=O)N/N=C/c2c[nH]c3ccccc23)nc2ccccc21. The van der Waals surface area contributed by atoms with Crippen LogP contribution in [0.4, 0.5) is 0 Å². The number of hydrazone groups is 1. The number of nitrogens with one attached hydrogen (secondary N) is 2. The standard InChI is InChI=1S/C20H19N5OS/c1-2-25-18-10-6-5-9-17(18)23-20(25)27-13-19(26)24-22-12-14-11-21-16-8-4-3-7-15(14)16/h3-12,21H,2,13H2,1H3,(H,24,26)/b22-12+. The average molecular weight is 377 g/mol. The highest BCUT2D eigenvalue weighted by molar-refractivity contribution is 7.99. The molecule has 2 N–H and O–H groups in total. The zero-order valence-corrected chi connectivity index (χ0v) is 15.7. The topological polar surface area (TPSA) is 75.1 Å². The van der Waals surface area contributed by atoms with Gasteiger partial charge in [0.1, 0.15) is 0 Å². The summed E-state index contributed by atoms with van der Waals surface area (Å²) < 4.78 is 2.11. The maximum Gasteiger partial charge on any atom is 0.250 e. The van der Waals surface area contributed by atoms with Crippen molar-refractivity contribution in [2.75, 3.05) is 5.75 Å². The normalized spacial score (nSPS) is 11.6. The van der Waals surface area contributed by atoms with E-state index in [0.717, 1.165) is 39.2 Å². The van der Waals surface area contributed by atoms with E-state index in [9.17, 15) is 4.79 Å². The van der Waals surface area contributed by atoms with Crippen molar-refractivity contribution in [1.82, 2.24) is 20.0 Å².